The molecule has 0 aliphatic carbocycles. The number of aryl methyl sites for hydroxylation is 1. The minimum Gasteiger partial charge on any atom is -0.281 e. The lowest BCUT2D eigenvalue weighted by molar-refractivity contribution is 1.08. The first-order chi connectivity index (χ1) is 6.18. The maximum absolute atomic E-state index is 4.85. The van der Waals surface area contributed by atoms with Crippen molar-refractivity contribution in [1.82, 2.24) is 19.6 Å². The summed E-state index contributed by atoms with van der Waals surface area (Å²) < 4.78 is 5.61. The molecule has 2 aromatic rings. The SMILES string of the molecule is Cc1nsc(-c2nc(=S)[nH][nH]2)c1Br. The van der Waals surface area contributed by atoms with Crippen LogP contribution in [0, 0.1) is 11.7 Å². The zero-order valence-electron chi connectivity index (χ0n) is 6.59. The molecule has 0 bridgehead atoms. The molecule has 68 valence electrons. The van der Waals surface area contributed by atoms with Gasteiger partial charge in [-0.25, -0.2) is 0 Å². The Kier molecular flexibility index (Phi) is 2.31. The highest BCUT2D eigenvalue weighted by Crippen LogP contribution is 2.31. The molecule has 2 N–H and O–H groups in total. The van der Waals surface area contributed by atoms with Gasteiger partial charge in [0.1, 0.15) is 4.88 Å². The summed E-state index contributed by atoms with van der Waals surface area (Å²) in [6, 6.07) is 0. The minimum atomic E-state index is 0.452. The summed E-state index contributed by atoms with van der Waals surface area (Å²) >= 11 is 9.68. The van der Waals surface area contributed by atoms with E-state index >= 15 is 0 Å². The lowest BCUT2D eigenvalue weighted by Crippen LogP contribution is -1.77. The highest BCUT2D eigenvalue weighted by atomic mass is 79.9. The quantitative estimate of drug-likeness (QED) is 0.788. The van der Waals surface area contributed by atoms with Gasteiger partial charge in [0.25, 0.3) is 0 Å². The van der Waals surface area contributed by atoms with Crippen LogP contribution in [0.1, 0.15) is 5.69 Å². The van der Waals surface area contributed by atoms with E-state index in [1.54, 1.807) is 0 Å². The van der Waals surface area contributed by atoms with Gasteiger partial charge in [-0.15, -0.1) is 0 Å². The number of hydrogen-bond acceptors (Lipinski definition) is 4. The van der Waals surface area contributed by atoms with Crippen molar-refractivity contribution in [2.24, 2.45) is 0 Å². The summed E-state index contributed by atoms with van der Waals surface area (Å²) in [5.74, 6) is 0.725. The zero-order chi connectivity index (χ0) is 9.42. The molecule has 0 spiro atoms. The molecular formula is C6H5BrN4S2. The molecular weight excluding hydrogens is 272 g/mol. The van der Waals surface area contributed by atoms with E-state index in [0.717, 1.165) is 20.9 Å². The van der Waals surface area contributed by atoms with Crippen LogP contribution >= 0.6 is 39.7 Å². The monoisotopic (exact) mass is 276 g/mol. The third-order valence-electron chi connectivity index (χ3n) is 1.51. The Labute approximate surface area is 91.7 Å². The van der Waals surface area contributed by atoms with Crippen LogP contribution in [0.5, 0.6) is 0 Å². The van der Waals surface area contributed by atoms with E-state index in [1.165, 1.54) is 11.5 Å². The molecule has 0 unspecified atom stereocenters. The molecule has 4 nitrogen and oxygen atoms in total. The smallest absolute Gasteiger partial charge is 0.213 e. The number of nitrogens with zero attached hydrogens (tertiary/aromatic N) is 2. The van der Waals surface area contributed by atoms with Crippen molar-refractivity contribution < 1.29 is 0 Å². The van der Waals surface area contributed by atoms with Crippen molar-refractivity contribution in [3.63, 3.8) is 0 Å². The Morgan fingerprint density at radius 1 is 1.46 bits per heavy atom. The fourth-order valence-corrected chi connectivity index (χ4v) is 2.37. The zero-order valence-corrected chi connectivity index (χ0v) is 9.81. The van der Waals surface area contributed by atoms with Crippen molar-refractivity contribution in [2.45, 2.75) is 6.92 Å². The number of rotatable bonds is 1. The molecule has 2 rings (SSSR count). The Morgan fingerprint density at radius 2 is 2.23 bits per heavy atom. The van der Waals surface area contributed by atoms with E-state index in [0.29, 0.717) is 4.77 Å². The van der Waals surface area contributed by atoms with Gasteiger partial charge in [-0.3, -0.25) is 10.2 Å². The number of halogens is 1. The maximum Gasteiger partial charge on any atom is 0.213 e. The minimum absolute atomic E-state index is 0.452. The van der Waals surface area contributed by atoms with E-state index in [9.17, 15) is 0 Å². The van der Waals surface area contributed by atoms with Crippen LogP contribution in [0.2, 0.25) is 0 Å². The summed E-state index contributed by atoms with van der Waals surface area (Å²) in [6.45, 7) is 1.94. The number of H-pyrrole nitrogens is 2. The third-order valence-corrected chi connectivity index (χ3v) is 3.88. The predicted molar refractivity (Wildman–Crippen MR) is 57.3 cm³/mol. The van der Waals surface area contributed by atoms with Crippen molar-refractivity contribution in [2.75, 3.05) is 0 Å². The van der Waals surface area contributed by atoms with Crippen LogP contribution in [0.15, 0.2) is 4.47 Å². The summed E-state index contributed by atoms with van der Waals surface area (Å²) in [4.78, 5) is 5.06. The number of aromatic amines is 2. The van der Waals surface area contributed by atoms with Gasteiger partial charge in [-0.2, -0.15) is 9.36 Å². The van der Waals surface area contributed by atoms with Gasteiger partial charge in [0.05, 0.1) is 10.2 Å². The molecule has 0 saturated heterocycles. The second kappa shape index (κ2) is 3.32. The Bertz CT molecular complexity index is 483. The van der Waals surface area contributed by atoms with Crippen LogP contribution in [0.3, 0.4) is 0 Å². The Morgan fingerprint density at radius 3 is 2.69 bits per heavy atom. The average molecular weight is 277 g/mol. The summed E-state index contributed by atoms with van der Waals surface area (Å²) in [5, 5.41) is 5.62. The molecule has 0 atom stereocenters. The van der Waals surface area contributed by atoms with Crippen LogP contribution in [0.4, 0.5) is 0 Å². The van der Waals surface area contributed by atoms with E-state index in [-0.39, 0.29) is 0 Å². The van der Waals surface area contributed by atoms with E-state index in [4.69, 9.17) is 12.2 Å². The van der Waals surface area contributed by atoms with Crippen LogP contribution in [-0.4, -0.2) is 19.6 Å². The molecule has 0 fully saturated rings. The van der Waals surface area contributed by atoms with E-state index in [2.05, 4.69) is 35.5 Å². The van der Waals surface area contributed by atoms with Crippen LogP contribution in [0.25, 0.3) is 10.7 Å². The molecule has 2 heterocycles. The van der Waals surface area contributed by atoms with Gasteiger partial charge < -0.3 is 0 Å². The highest BCUT2D eigenvalue weighted by molar-refractivity contribution is 9.10. The lowest BCUT2D eigenvalue weighted by atomic mass is 10.4. The average Bonchev–Trinajstić information content (AvgIpc) is 2.62. The molecule has 0 saturated carbocycles. The maximum atomic E-state index is 4.85. The Balaban J connectivity index is 2.58. The largest absolute Gasteiger partial charge is 0.281 e. The molecule has 0 aliphatic rings. The Hall–Kier alpha value is -0.530. The van der Waals surface area contributed by atoms with Gasteiger partial charge in [0, 0.05) is 0 Å². The summed E-state index contributed by atoms with van der Waals surface area (Å²) in [5.41, 5.74) is 0.960. The molecule has 0 aromatic carbocycles. The van der Waals surface area contributed by atoms with Crippen molar-refractivity contribution in [3.8, 4) is 10.7 Å². The second-order valence-electron chi connectivity index (χ2n) is 2.43. The number of nitrogens with one attached hydrogen (secondary N) is 2. The van der Waals surface area contributed by atoms with Gasteiger partial charge in [0.2, 0.25) is 4.77 Å². The first kappa shape index (κ1) is 9.04. The normalized spacial score (nSPS) is 10.6. The van der Waals surface area contributed by atoms with Crippen molar-refractivity contribution in [1.29, 1.82) is 0 Å². The number of aromatic nitrogens is 4. The second-order valence-corrected chi connectivity index (χ2v) is 4.38. The van der Waals surface area contributed by atoms with Crippen molar-refractivity contribution in [3.05, 3.63) is 14.9 Å². The van der Waals surface area contributed by atoms with Gasteiger partial charge >= 0.3 is 0 Å². The molecule has 0 aliphatic heterocycles. The molecule has 0 radical (unpaired) electrons. The number of hydrogen-bond donors (Lipinski definition) is 2. The molecule has 0 amide bonds. The fraction of sp³-hybridized carbons (Fsp3) is 0.167. The van der Waals surface area contributed by atoms with Crippen LogP contribution < -0.4 is 0 Å². The van der Waals surface area contributed by atoms with Gasteiger partial charge in [-0.05, 0) is 46.6 Å². The summed E-state index contributed by atoms with van der Waals surface area (Å²) in [7, 11) is 0. The predicted octanol–water partition coefficient (Wildman–Crippen LogP) is 2.66. The highest BCUT2D eigenvalue weighted by Gasteiger charge is 2.11. The van der Waals surface area contributed by atoms with E-state index in [1.807, 2.05) is 6.92 Å². The first-order valence-electron chi connectivity index (χ1n) is 3.45. The van der Waals surface area contributed by atoms with Gasteiger partial charge in [0.15, 0.2) is 5.82 Å². The first-order valence-corrected chi connectivity index (χ1v) is 5.43. The van der Waals surface area contributed by atoms with Crippen molar-refractivity contribution >= 4 is 39.7 Å². The fourth-order valence-electron chi connectivity index (χ4n) is 0.883. The third kappa shape index (κ3) is 1.59. The lowest BCUT2D eigenvalue weighted by Gasteiger charge is -1.89. The van der Waals surface area contributed by atoms with E-state index < -0.39 is 0 Å². The summed E-state index contributed by atoms with van der Waals surface area (Å²) in [6.07, 6.45) is 0. The van der Waals surface area contributed by atoms with Crippen LogP contribution in [-0.2, 0) is 0 Å². The topological polar surface area (TPSA) is 57.4 Å². The standard InChI is InChI=1S/C6H5BrN4S2/c1-2-3(7)4(13-11-2)5-8-6(12)10-9-5/h1H3,(H2,8,9,10,12). The molecule has 13 heavy (non-hydrogen) atoms. The van der Waals surface area contributed by atoms with Gasteiger partial charge in [-0.1, -0.05) is 0 Å². The molecule has 2 aromatic heterocycles. The molecule has 7 heteroatoms.